The molecule has 3 fully saturated rings. The monoisotopic (exact) mass is 524 g/mol. The number of aromatic nitrogens is 2. The molecule has 0 saturated carbocycles. The van der Waals surface area contributed by atoms with Crippen LogP contribution in [-0.4, -0.2) is 70.0 Å². The molecule has 3 saturated heterocycles. The average Bonchev–Trinajstić information content (AvgIpc) is 3.08. The molecule has 5 heterocycles. The molecule has 7 heteroatoms. The third kappa shape index (κ3) is 5.99. The van der Waals surface area contributed by atoms with E-state index in [0.717, 1.165) is 37.6 Å². The largest absolute Gasteiger partial charge is 0.355 e. The summed E-state index contributed by atoms with van der Waals surface area (Å²) >= 11 is 0. The molecule has 2 unspecified atom stereocenters. The number of benzene rings is 1. The van der Waals surface area contributed by atoms with Crippen LogP contribution in [0.1, 0.15) is 60.1 Å². The molecule has 204 valence electrons. The van der Waals surface area contributed by atoms with Crippen molar-refractivity contribution in [2.75, 3.05) is 36.4 Å². The van der Waals surface area contributed by atoms with E-state index in [0.29, 0.717) is 23.8 Å². The lowest BCUT2D eigenvalue weighted by Crippen LogP contribution is -2.56. The Balaban J connectivity index is 1.11. The maximum atomic E-state index is 12.9. The number of piperidine rings is 2. The van der Waals surface area contributed by atoms with E-state index in [1.165, 1.54) is 56.3 Å². The number of nitrogens with one attached hydrogen (secondary N) is 1. The van der Waals surface area contributed by atoms with E-state index < -0.39 is 0 Å². The van der Waals surface area contributed by atoms with E-state index in [1.807, 2.05) is 6.07 Å². The summed E-state index contributed by atoms with van der Waals surface area (Å²) < 4.78 is 0. The second kappa shape index (κ2) is 11.8. The molecular formula is C32H40N6O. The van der Waals surface area contributed by atoms with E-state index in [4.69, 9.17) is 4.98 Å². The number of carbonyl (C=O) groups is 1. The summed E-state index contributed by atoms with van der Waals surface area (Å²) in [6.45, 7) is 7.62. The Morgan fingerprint density at radius 2 is 1.62 bits per heavy atom. The van der Waals surface area contributed by atoms with Gasteiger partial charge in [-0.2, -0.15) is 0 Å². The number of anilines is 2. The number of amides is 1. The van der Waals surface area contributed by atoms with Gasteiger partial charge in [-0.05, 0) is 87.5 Å². The predicted molar refractivity (Wildman–Crippen MR) is 156 cm³/mol. The minimum atomic E-state index is -0.185. The summed E-state index contributed by atoms with van der Waals surface area (Å²) in [6.07, 6.45) is 10.9. The van der Waals surface area contributed by atoms with Crippen molar-refractivity contribution in [1.82, 2.24) is 19.8 Å². The first-order valence-electron chi connectivity index (χ1n) is 14.6. The summed E-state index contributed by atoms with van der Waals surface area (Å²) in [6, 6.07) is 20.1. The maximum absolute atomic E-state index is 12.9. The lowest BCUT2D eigenvalue weighted by Gasteiger charge is -2.48. The van der Waals surface area contributed by atoms with Gasteiger partial charge in [0.2, 0.25) is 0 Å². The van der Waals surface area contributed by atoms with Crippen LogP contribution in [0.15, 0.2) is 67.0 Å². The minimum Gasteiger partial charge on any atom is -0.355 e. The van der Waals surface area contributed by atoms with Gasteiger partial charge in [0.15, 0.2) is 0 Å². The van der Waals surface area contributed by atoms with Crippen LogP contribution in [0, 0.1) is 6.92 Å². The molecule has 0 aliphatic carbocycles. The van der Waals surface area contributed by atoms with E-state index in [9.17, 15) is 4.79 Å². The van der Waals surface area contributed by atoms with Crippen molar-refractivity contribution in [3.8, 4) is 0 Å². The average molecular weight is 525 g/mol. The zero-order valence-electron chi connectivity index (χ0n) is 23.0. The van der Waals surface area contributed by atoms with Crippen LogP contribution in [0.2, 0.25) is 0 Å². The maximum Gasteiger partial charge on any atom is 0.274 e. The highest BCUT2D eigenvalue weighted by atomic mass is 16.1. The first kappa shape index (κ1) is 26.0. The minimum absolute atomic E-state index is 0.185. The van der Waals surface area contributed by atoms with Crippen LogP contribution >= 0.6 is 0 Å². The van der Waals surface area contributed by atoms with Crippen LogP contribution in [0.25, 0.3) is 0 Å². The van der Waals surface area contributed by atoms with Gasteiger partial charge in [-0.25, -0.2) is 4.98 Å². The van der Waals surface area contributed by atoms with Crippen LogP contribution in [-0.2, 0) is 6.54 Å². The molecular weight excluding hydrogens is 484 g/mol. The smallest absolute Gasteiger partial charge is 0.274 e. The molecule has 2 atom stereocenters. The van der Waals surface area contributed by atoms with Crippen molar-refractivity contribution in [1.29, 1.82) is 0 Å². The number of nitrogens with zero attached hydrogens (tertiary/aromatic N) is 5. The van der Waals surface area contributed by atoms with Gasteiger partial charge >= 0.3 is 0 Å². The second-order valence-corrected chi connectivity index (χ2v) is 11.4. The lowest BCUT2D eigenvalue weighted by atomic mass is 9.89. The molecule has 7 nitrogen and oxygen atoms in total. The molecule has 6 rings (SSSR count). The fraction of sp³-hybridized carbons (Fsp3) is 0.469. The van der Waals surface area contributed by atoms with Gasteiger partial charge in [0.1, 0.15) is 11.5 Å². The Morgan fingerprint density at radius 3 is 2.44 bits per heavy atom. The molecule has 1 aromatic carbocycles. The molecule has 3 aliphatic heterocycles. The topological polar surface area (TPSA) is 64.6 Å². The van der Waals surface area contributed by atoms with E-state index in [1.54, 1.807) is 30.6 Å². The van der Waals surface area contributed by atoms with Crippen LogP contribution in [0.3, 0.4) is 0 Å². The van der Waals surface area contributed by atoms with E-state index >= 15 is 0 Å². The third-order valence-electron chi connectivity index (χ3n) is 8.94. The van der Waals surface area contributed by atoms with Crippen LogP contribution in [0.4, 0.5) is 11.5 Å². The van der Waals surface area contributed by atoms with Crippen LogP contribution in [0.5, 0.6) is 0 Å². The third-order valence-corrected chi connectivity index (χ3v) is 8.94. The SMILES string of the molecule is Cc1ccccc1CN1CCC(N2C3CCCC2CN(c2cccc(C(=O)Nc4ccncc4)n2)CC3)CC1. The van der Waals surface area contributed by atoms with E-state index in [2.05, 4.69) is 62.3 Å². The summed E-state index contributed by atoms with van der Waals surface area (Å²) in [5.41, 5.74) is 4.04. The molecule has 0 radical (unpaired) electrons. The predicted octanol–water partition coefficient (Wildman–Crippen LogP) is 5.14. The van der Waals surface area contributed by atoms with Crippen molar-refractivity contribution in [3.63, 3.8) is 0 Å². The van der Waals surface area contributed by atoms with Gasteiger partial charge in [-0.3, -0.25) is 19.6 Å². The Labute approximate surface area is 232 Å². The molecule has 2 aromatic heterocycles. The van der Waals surface area contributed by atoms with Crippen molar-refractivity contribution >= 4 is 17.4 Å². The highest BCUT2D eigenvalue weighted by Crippen LogP contribution is 2.35. The van der Waals surface area contributed by atoms with Gasteiger partial charge in [0, 0.05) is 55.8 Å². The number of likely N-dealkylation sites (tertiary alicyclic amines) is 1. The number of pyridine rings is 2. The summed E-state index contributed by atoms with van der Waals surface area (Å²) in [5, 5.41) is 2.94. The molecule has 3 aliphatic rings. The number of carbonyl (C=O) groups excluding carboxylic acids is 1. The fourth-order valence-electron chi connectivity index (χ4n) is 6.88. The van der Waals surface area contributed by atoms with Gasteiger partial charge in [-0.15, -0.1) is 0 Å². The standard InChI is InChI=1S/C32H40N6O/c1-24-6-2-3-7-25(24)22-36-19-14-28(15-20-36)38-27-8-4-9-29(38)23-37(21-16-27)31-11-5-10-30(35-31)32(39)34-26-12-17-33-18-13-26/h2-3,5-7,10-13,17-18,27-29H,4,8-9,14-16,19-23H2,1H3,(H,33,34,39). The molecule has 3 aromatic rings. The molecule has 2 bridgehead atoms. The number of hydrogen-bond donors (Lipinski definition) is 1. The van der Waals surface area contributed by atoms with Gasteiger partial charge in [0.25, 0.3) is 5.91 Å². The highest BCUT2D eigenvalue weighted by molar-refractivity contribution is 6.03. The number of fused-ring (bicyclic) bond motifs is 2. The van der Waals surface area contributed by atoms with Gasteiger partial charge in [0.05, 0.1) is 0 Å². The van der Waals surface area contributed by atoms with Crippen molar-refractivity contribution in [2.45, 2.75) is 70.1 Å². The number of hydrogen-bond acceptors (Lipinski definition) is 6. The second-order valence-electron chi connectivity index (χ2n) is 11.4. The van der Waals surface area contributed by atoms with Crippen molar-refractivity contribution < 1.29 is 4.79 Å². The summed E-state index contributed by atoms with van der Waals surface area (Å²) in [7, 11) is 0. The summed E-state index contributed by atoms with van der Waals surface area (Å²) in [4.78, 5) is 29.7. The lowest BCUT2D eigenvalue weighted by molar-refractivity contribution is 0.0141. The van der Waals surface area contributed by atoms with Gasteiger partial charge < -0.3 is 10.2 Å². The number of aryl methyl sites for hydroxylation is 1. The molecule has 1 N–H and O–H groups in total. The Hall–Kier alpha value is -3.29. The molecule has 39 heavy (non-hydrogen) atoms. The number of rotatable bonds is 6. The first-order chi connectivity index (χ1) is 19.1. The van der Waals surface area contributed by atoms with E-state index in [-0.39, 0.29) is 5.91 Å². The normalized spacial score (nSPS) is 22.8. The Bertz CT molecular complexity index is 1260. The van der Waals surface area contributed by atoms with Gasteiger partial charge in [-0.1, -0.05) is 36.8 Å². The fourth-order valence-corrected chi connectivity index (χ4v) is 6.88. The quantitative estimate of drug-likeness (QED) is 0.482. The highest BCUT2D eigenvalue weighted by Gasteiger charge is 2.40. The van der Waals surface area contributed by atoms with Crippen LogP contribution < -0.4 is 10.2 Å². The van der Waals surface area contributed by atoms with Crippen molar-refractivity contribution in [2.24, 2.45) is 0 Å². The Kier molecular flexibility index (Phi) is 7.88. The molecule has 1 amide bonds. The summed E-state index contributed by atoms with van der Waals surface area (Å²) in [5.74, 6) is 0.730. The zero-order chi connectivity index (χ0) is 26.6. The molecule has 0 spiro atoms. The first-order valence-corrected chi connectivity index (χ1v) is 14.6. The Morgan fingerprint density at radius 1 is 0.872 bits per heavy atom. The zero-order valence-corrected chi connectivity index (χ0v) is 23.0. The van der Waals surface area contributed by atoms with Crippen molar-refractivity contribution in [3.05, 3.63) is 83.8 Å².